The van der Waals surface area contributed by atoms with E-state index in [1.54, 1.807) is 7.11 Å². The van der Waals surface area contributed by atoms with E-state index in [0.29, 0.717) is 13.2 Å². The predicted octanol–water partition coefficient (Wildman–Crippen LogP) is 5.40. The van der Waals surface area contributed by atoms with Crippen molar-refractivity contribution in [3.05, 3.63) is 42.0 Å². The average Bonchev–Trinajstić information content (AvgIpc) is 2.80. The van der Waals surface area contributed by atoms with Crippen molar-refractivity contribution in [2.24, 2.45) is 0 Å². The number of hydrogen-bond donors (Lipinski definition) is 1. The first-order chi connectivity index (χ1) is 14.6. The third kappa shape index (κ3) is 8.76. The molecule has 1 heterocycles. The van der Waals surface area contributed by atoms with Crippen LogP contribution >= 0.6 is 0 Å². The van der Waals surface area contributed by atoms with E-state index in [0.717, 1.165) is 62.9 Å². The molecule has 1 aliphatic heterocycles. The van der Waals surface area contributed by atoms with Gasteiger partial charge in [-0.1, -0.05) is 37.6 Å². The lowest BCUT2D eigenvalue weighted by Gasteiger charge is -2.34. The molecule has 0 aromatic heterocycles. The number of ether oxygens (including phenoxy) is 4. The van der Waals surface area contributed by atoms with Gasteiger partial charge in [0.1, 0.15) is 5.75 Å². The highest BCUT2D eigenvalue weighted by Gasteiger charge is 2.31. The number of rotatable bonds is 14. The zero-order chi connectivity index (χ0) is 21.7. The molecule has 1 aromatic carbocycles. The first kappa shape index (κ1) is 24.9. The monoisotopic (exact) mass is 420 g/mol. The topological polar surface area (TPSA) is 57.2 Å². The first-order valence-electron chi connectivity index (χ1n) is 11.4. The highest BCUT2D eigenvalue weighted by atomic mass is 16.7. The number of allylic oxidation sites excluding steroid dienone is 1. The molecule has 5 nitrogen and oxygen atoms in total. The van der Waals surface area contributed by atoms with Gasteiger partial charge in [-0.05, 0) is 69.6 Å². The summed E-state index contributed by atoms with van der Waals surface area (Å²) < 4.78 is 22.6. The number of unbranched alkanes of at least 4 members (excludes halogenated alkanes) is 2. The summed E-state index contributed by atoms with van der Waals surface area (Å²) in [5, 5.41) is 10.7. The van der Waals surface area contributed by atoms with Gasteiger partial charge in [0.25, 0.3) is 0 Å². The molecule has 2 rings (SSSR count). The van der Waals surface area contributed by atoms with Crippen LogP contribution in [0.4, 0.5) is 0 Å². The second kappa shape index (κ2) is 13.8. The summed E-state index contributed by atoms with van der Waals surface area (Å²) in [4.78, 5) is 0. The Labute approximate surface area is 182 Å². The van der Waals surface area contributed by atoms with Gasteiger partial charge in [0.15, 0.2) is 6.29 Å². The maximum absolute atomic E-state index is 10.7. The Morgan fingerprint density at radius 2 is 2.00 bits per heavy atom. The highest BCUT2D eigenvalue weighted by Crippen LogP contribution is 2.26. The Morgan fingerprint density at radius 3 is 2.67 bits per heavy atom. The maximum Gasteiger partial charge on any atom is 0.157 e. The normalized spacial score (nSPS) is 20.2. The van der Waals surface area contributed by atoms with Crippen LogP contribution in [0, 0.1) is 0 Å². The lowest BCUT2D eigenvalue weighted by Crippen LogP contribution is -2.41. The van der Waals surface area contributed by atoms with Crippen LogP contribution in [-0.2, 0) is 20.8 Å². The number of hydrogen-bond acceptors (Lipinski definition) is 5. The molecule has 0 amide bonds. The molecule has 0 spiro atoms. The summed E-state index contributed by atoms with van der Waals surface area (Å²) >= 11 is 0. The molecule has 1 aromatic rings. The number of benzene rings is 1. The first-order valence-corrected chi connectivity index (χ1v) is 11.4. The van der Waals surface area contributed by atoms with E-state index in [2.05, 4.69) is 19.1 Å². The van der Waals surface area contributed by atoms with Crippen LogP contribution in [0.3, 0.4) is 0 Å². The van der Waals surface area contributed by atoms with Crippen molar-refractivity contribution in [1.29, 1.82) is 0 Å². The zero-order valence-corrected chi connectivity index (χ0v) is 19.0. The van der Waals surface area contributed by atoms with E-state index in [9.17, 15) is 5.11 Å². The van der Waals surface area contributed by atoms with Gasteiger partial charge in [0, 0.05) is 6.61 Å². The minimum atomic E-state index is -0.538. The molecule has 30 heavy (non-hydrogen) atoms. The molecule has 1 fully saturated rings. The van der Waals surface area contributed by atoms with E-state index in [-0.39, 0.29) is 6.29 Å². The Bertz CT molecular complexity index is 594. The molecule has 0 radical (unpaired) electrons. The Kier molecular flexibility index (Phi) is 11.4. The van der Waals surface area contributed by atoms with Gasteiger partial charge < -0.3 is 24.1 Å². The second-order valence-corrected chi connectivity index (χ2v) is 8.20. The summed E-state index contributed by atoms with van der Waals surface area (Å²) in [6.07, 6.45) is 11.6. The van der Waals surface area contributed by atoms with Gasteiger partial charge in [-0.25, -0.2) is 0 Å². The lowest BCUT2D eigenvalue weighted by atomic mass is 9.91. The standard InChI is InChI=1S/C25H40O5/c1-4-25(2,30-20-21-14-16-22(27-3)17-15-21)23(26)12-8-6-5-7-10-18-28-24-13-9-11-19-29-24/h7,10,14-17,23-24,26H,4-6,8-9,11-13,18-20H2,1-3H3/b10-7+/t23?,24?,25-/m0/s1. The van der Waals surface area contributed by atoms with E-state index in [1.165, 1.54) is 6.42 Å². The third-order valence-electron chi connectivity index (χ3n) is 5.92. The van der Waals surface area contributed by atoms with Crippen molar-refractivity contribution in [3.8, 4) is 5.75 Å². The Morgan fingerprint density at radius 1 is 1.20 bits per heavy atom. The van der Waals surface area contributed by atoms with Crippen molar-refractivity contribution >= 4 is 0 Å². The maximum atomic E-state index is 10.7. The molecule has 5 heteroatoms. The van der Waals surface area contributed by atoms with E-state index >= 15 is 0 Å². The number of methoxy groups -OCH3 is 1. The average molecular weight is 421 g/mol. The smallest absolute Gasteiger partial charge is 0.157 e. The fourth-order valence-electron chi connectivity index (χ4n) is 3.50. The third-order valence-corrected chi connectivity index (χ3v) is 5.92. The fraction of sp³-hybridized carbons (Fsp3) is 0.680. The molecular formula is C25H40O5. The van der Waals surface area contributed by atoms with Gasteiger partial charge in [-0.3, -0.25) is 0 Å². The fourth-order valence-corrected chi connectivity index (χ4v) is 3.50. The molecule has 1 N–H and O–H groups in total. The molecule has 170 valence electrons. The van der Waals surface area contributed by atoms with Crippen molar-refractivity contribution in [2.45, 2.75) is 89.8 Å². The number of aliphatic hydroxyl groups is 1. The van der Waals surface area contributed by atoms with Gasteiger partial charge >= 0.3 is 0 Å². The van der Waals surface area contributed by atoms with Crippen LogP contribution in [0.1, 0.15) is 70.8 Å². The highest BCUT2D eigenvalue weighted by molar-refractivity contribution is 5.26. The number of aliphatic hydroxyl groups excluding tert-OH is 1. The van der Waals surface area contributed by atoms with Crippen molar-refractivity contribution in [3.63, 3.8) is 0 Å². The summed E-state index contributed by atoms with van der Waals surface area (Å²) in [5.74, 6) is 0.833. The van der Waals surface area contributed by atoms with Crippen LogP contribution in [0.25, 0.3) is 0 Å². The van der Waals surface area contributed by atoms with Crippen molar-refractivity contribution in [2.75, 3.05) is 20.3 Å². The summed E-state index contributed by atoms with van der Waals surface area (Å²) in [7, 11) is 1.66. The van der Waals surface area contributed by atoms with Crippen molar-refractivity contribution < 1.29 is 24.1 Å². The molecule has 1 saturated heterocycles. The summed E-state index contributed by atoms with van der Waals surface area (Å²) in [6, 6.07) is 7.85. The van der Waals surface area contributed by atoms with Crippen LogP contribution in [0.5, 0.6) is 5.75 Å². The largest absolute Gasteiger partial charge is 0.497 e. The molecular weight excluding hydrogens is 380 g/mol. The van der Waals surface area contributed by atoms with Crippen LogP contribution in [0.15, 0.2) is 36.4 Å². The lowest BCUT2D eigenvalue weighted by molar-refractivity contribution is -0.155. The van der Waals surface area contributed by atoms with E-state index < -0.39 is 11.7 Å². The molecule has 0 saturated carbocycles. The molecule has 3 atom stereocenters. The van der Waals surface area contributed by atoms with Gasteiger partial charge in [-0.2, -0.15) is 0 Å². The molecule has 1 aliphatic rings. The molecule has 0 aliphatic carbocycles. The minimum absolute atomic E-state index is 0.0248. The van der Waals surface area contributed by atoms with Gasteiger partial charge in [0.2, 0.25) is 0 Å². The minimum Gasteiger partial charge on any atom is -0.497 e. The Hall–Kier alpha value is -1.40. The molecule has 0 bridgehead atoms. The second-order valence-electron chi connectivity index (χ2n) is 8.20. The van der Waals surface area contributed by atoms with Gasteiger partial charge in [0.05, 0.1) is 32.0 Å². The van der Waals surface area contributed by atoms with E-state index in [4.69, 9.17) is 18.9 Å². The van der Waals surface area contributed by atoms with Crippen LogP contribution < -0.4 is 4.74 Å². The van der Waals surface area contributed by atoms with Crippen molar-refractivity contribution in [1.82, 2.24) is 0 Å². The van der Waals surface area contributed by atoms with Crippen LogP contribution in [-0.4, -0.2) is 43.4 Å². The summed E-state index contributed by atoms with van der Waals surface area (Å²) in [5.41, 5.74) is 0.539. The van der Waals surface area contributed by atoms with Gasteiger partial charge in [-0.15, -0.1) is 0 Å². The molecule has 2 unspecified atom stereocenters. The quantitative estimate of drug-likeness (QED) is 0.322. The zero-order valence-electron chi connectivity index (χ0n) is 19.0. The van der Waals surface area contributed by atoms with E-state index in [1.807, 2.05) is 31.2 Å². The van der Waals surface area contributed by atoms with Crippen LogP contribution in [0.2, 0.25) is 0 Å². The summed E-state index contributed by atoms with van der Waals surface area (Å²) in [6.45, 7) is 5.98. The predicted molar refractivity (Wildman–Crippen MR) is 120 cm³/mol. The SMILES string of the molecule is CC[C@](C)(OCc1ccc(OC)cc1)C(O)CCCC/C=C/COC1CCCCO1. The Balaban J connectivity index is 1.60.